The number of anilines is 3. The van der Waals surface area contributed by atoms with E-state index in [0.717, 1.165) is 23.4 Å². The van der Waals surface area contributed by atoms with E-state index in [4.69, 9.17) is 0 Å². The van der Waals surface area contributed by atoms with Crippen LogP contribution in [0.3, 0.4) is 0 Å². The van der Waals surface area contributed by atoms with E-state index in [-0.39, 0.29) is 0 Å². The van der Waals surface area contributed by atoms with E-state index in [9.17, 15) is 0 Å². The van der Waals surface area contributed by atoms with E-state index in [1.54, 1.807) is 5.56 Å². The van der Waals surface area contributed by atoms with E-state index in [1.807, 2.05) is 0 Å². The number of rotatable bonds is 6. The maximum absolute atomic E-state index is 2.50. The third kappa shape index (κ3) is 5.30. The molecular weight excluding hydrogens is 689 g/mol. The van der Waals surface area contributed by atoms with Gasteiger partial charge in [0.25, 0.3) is 0 Å². The van der Waals surface area contributed by atoms with Crippen molar-refractivity contribution in [3.8, 4) is 16.8 Å². The SMILES string of the molecule is c1ccc(-n2c3ccccc3c3ccccc32)c(-c2ccc(N(c3ccc(C45CC[C@@H](CC6CC(C6)C4)C5)cc3)c3cc4ccccc4c4ccccc34)cc2)c1. The van der Waals surface area contributed by atoms with Crippen molar-refractivity contribution >= 4 is 60.4 Å². The second kappa shape index (κ2) is 13.0. The Kier molecular flexibility index (Phi) is 7.52. The maximum Gasteiger partial charge on any atom is 0.0546 e. The summed E-state index contributed by atoms with van der Waals surface area (Å²) < 4.78 is 2.44. The summed E-state index contributed by atoms with van der Waals surface area (Å²) in [6.07, 6.45) is 9.95. The van der Waals surface area contributed by atoms with Gasteiger partial charge < -0.3 is 9.47 Å². The van der Waals surface area contributed by atoms with Gasteiger partial charge in [0.2, 0.25) is 0 Å². The Morgan fingerprint density at radius 1 is 0.474 bits per heavy atom. The lowest BCUT2D eigenvalue weighted by molar-refractivity contribution is 0.101. The molecule has 2 nitrogen and oxygen atoms in total. The molecule has 0 radical (unpaired) electrons. The molecule has 1 aromatic heterocycles. The molecule has 4 bridgehead atoms. The molecule has 0 saturated heterocycles. The number of benzene rings is 8. The normalized spacial score (nSPS) is 21.4. The summed E-state index contributed by atoms with van der Waals surface area (Å²) in [5.41, 5.74) is 11.6. The van der Waals surface area contributed by atoms with Crippen molar-refractivity contribution < 1.29 is 0 Å². The molecule has 276 valence electrons. The van der Waals surface area contributed by atoms with Crippen LogP contribution in [0.15, 0.2) is 176 Å². The van der Waals surface area contributed by atoms with Crippen molar-refractivity contribution in [1.82, 2.24) is 4.57 Å². The van der Waals surface area contributed by atoms with Gasteiger partial charge in [0.1, 0.15) is 0 Å². The van der Waals surface area contributed by atoms with Crippen LogP contribution >= 0.6 is 0 Å². The van der Waals surface area contributed by atoms with Crippen LogP contribution in [0.2, 0.25) is 0 Å². The summed E-state index contributed by atoms with van der Waals surface area (Å²) in [6.45, 7) is 0. The molecule has 4 aliphatic carbocycles. The first-order valence-corrected chi connectivity index (χ1v) is 21.2. The Hall–Kier alpha value is -6.12. The zero-order valence-electron chi connectivity index (χ0n) is 32.3. The standard InChI is InChI=1S/C55H46N2/c1-2-12-45-41(11-1)34-54(48-15-4-3-14-47(45)48)56(44-27-23-42(24-28-44)55-30-29-37(35-55)31-38-32-39(33-38)36-55)43-25-21-40(22-26-43)46-13-5-8-18-51(46)57-52-19-9-6-16-49(52)50-17-7-10-20-53(50)57/h1-28,34,37-39H,29-33,35-36H2/t37-,38?,39?,55?/m0/s1. The van der Waals surface area contributed by atoms with Gasteiger partial charge in [-0.05, 0) is 144 Å². The van der Waals surface area contributed by atoms with Crippen LogP contribution in [0.25, 0.3) is 60.2 Å². The van der Waals surface area contributed by atoms with Crippen LogP contribution < -0.4 is 4.90 Å². The van der Waals surface area contributed by atoms with Gasteiger partial charge in [-0.1, -0.05) is 127 Å². The molecule has 1 heterocycles. The minimum absolute atomic E-state index is 0.352. The molecular formula is C55H46N2. The minimum atomic E-state index is 0.352. The van der Waals surface area contributed by atoms with Crippen molar-refractivity contribution in [2.24, 2.45) is 17.8 Å². The van der Waals surface area contributed by atoms with Crippen LogP contribution in [0.5, 0.6) is 0 Å². The van der Waals surface area contributed by atoms with E-state index in [0.29, 0.717) is 5.41 Å². The molecule has 9 aromatic rings. The smallest absolute Gasteiger partial charge is 0.0546 e. The van der Waals surface area contributed by atoms with Gasteiger partial charge in [0, 0.05) is 33.1 Å². The van der Waals surface area contributed by atoms with Crippen LogP contribution in [-0.2, 0) is 5.41 Å². The zero-order chi connectivity index (χ0) is 37.5. The zero-order valence-corrected chi connectivity index (χ0v) is 32.3. The topological polar surface area (TPSA) is 8.17 Å². The van der Waals surface area contributed by atoms with Crippen LogP contribution in [-0.4, -0.2) is 4.57 Å². The molecule has 13 rings (SSSR count). The lowest BCUT2D eigenvalue weighted by Crippen LogP contribution is -2.36. The average molecular weight is 735 g/mol. The van der Waals surface area contributed by atoms with Gasteiger partial charge in [0.05, 0.1) is 22.4 Å². The largest absolute Gasteiger partial charge is 0.310 e. The lowest BCUT2D eigenvalue weighted by atomic mass is 9.60. The highest BCUT2D eigenvalue weighted by Gasteiger charge is 2.48. The monoisotopic (exact) mass is 734 g/mol. The summed E-state index contributed by atoms with van der Waals surface area (Å²) in [5.74, 6) is 2.85. The second-order valence-electron chi connectivity index (χ2n) is 17.5. The molecule has 0 aliphatic heterocycles. The molecule has 0 spiro atoms. The number of hydrogen-bond acceptors (Lipinski definition) is 1. The Morgan fingerprint density at radius 2 is 1.04 bits per heavy atom. The number of aromatic nitrogens is 1. The fraction of sp³-hybridized carbons (Fsp3) is 0.200. The van der Waals surface area contributed by atoms with Gasteiger partial charge >= 0.3 is 0 Å². The van der Waals surface area contributed by atoms with Crippen LogP contribution in [0, 0.1) is 17.8 Å². The minimum Gasteiger partial charge on any atom is -0.310 e. The van der Waals surface area contributed by atoms with Gasteiger partial charge in [0.15, 0.2) is 0 Å². The number of para-hydroxylation sites is 3. The Balaban J connectivity index is 0.994. The van der Waals surface area contributed by atoms with Crippen molar-refractivity contribution in [2.45, 2.75) is 50.4 Å². The Bertz CT molecular complexity index is 2910. The molecule has 2 heteroatoms. The van der Waals surface area contributed by atoms with E-state index >= 15 is 0 Å². The fourth-order valence-corrected chi connectivity index (χ4v) is 11.8. The number of hydrogen-bond donors (Lipinski definition) is 0. The lowest BCUT2D eigenvalue weighted by Gasteiger charge is -2.45. The van der Waals surface area contributed by atoms with Gasteiger partial charge in [-0.25, -0.2) is 0 Å². The average Bonchev–Trinajstić information content (AvgIpc) is 3.85. The van der Waals surface area contributed by atoms with Crippen molar-refractivity contribution in [1.29, 1.82) is 0 Å². The summed E-state index contributed by atoms with van der Waals surface area (Å²) in [6, 6.07) is 65.8. The fourth-order valence-electron chi connectivity index (χ4n) is 11.8. The molecule has 0 amide bonds. The van der Waals surface area contributed by atoms with Crippen molar-refractivity contribution in [2.75, 3.05) is 4.90 Å². The third-order valence-electron chi connectivity index (χ3n) is 14.3. The van der Waals surface area contributed by atoms with Gasteiger partial charge in [-0.2, -0.15) is 0 Å². The van der Waals surface area contributed by atoms with Crippen LogP contribution in [0.1, 0.15) is 50.5 Å². The summed E-state index contributed by atoms with van der Waals surface area (Å²) in [7, 11) is 0. The van der Waals surface area contributed by atoms with E-state index < -0.39 is 0 Å². The first kappa shape index (κ1) is 33.1. The number of fused-ring (bicyclic) bond motifs is 6. The predicted octanol–water partition coefficient (Wildman–Crippen LogP) is 15.1. The van der Waals surface area contributed by atoms with Gasteiger partial charge in [-0.3, -0.25) is 0 Å². The number of nitrogens with zero attached hydrogens (tertiary/aromatic N) is 2. The Labute approximate surface area is 335 Å². The molecule has 2 atom stereocenters. The first-order valence-electron chi connectivity index (χ1n) is 21.2. The van der Waals surface area contributed by atoms with Crippen LogP contribution in [0.4, 0.5) is 17.1 Å². The highest BCUT2D eigenvalue weighted by atomic mass is 15.1. The quantitative estimate of drug-likeness (QED) is 0.154. The van der Waals surface area contributed by atoms with Gasteiger partial charge in [-0.15, -0.1) is 0 Å². The molecule has 4 fully saturated rings. The first-order chi connectivity index (χ1) is 28.2. The van der Waals surface area contributed by atoms with Crippen molar-refractivity contribution in [3.63, 3.8) is 0 Å². The Morgan fingerprint density at radius 3 is 1.77 bits per heavy atom. The maximum atomic E-state index is 2.50. The molecule has 4 saturated carbocycles. The third-order valence-corrected chi connectivity index (χ3v) is 14.3. The van der Waals surface area contributed by atoms with Crippen molar-refractivity contribution in [3.05, 3.63) is 181 Å². The molecule has 1 unspecified atom stereocenters. The summed E-state index contributed by atoms with van der Waals surface area (Å²) in [4.78, 5) is 2.50. The molecule has 8 aromatic carbocycles. The summed E-state index contributed by atoms with van der Waals surface area (Å²) in [5, 5.41) is 7.66. The predicted molar refractivity (Wildman–Crippen MR) is 240 cm³/mol. The molecule has 0 N–H and O–H groups in total. The molecule has 57 heavy (non-hydrogen) atoms. The molecule has 4 aliphatic rings. The van der Waals surface area contributed by atoms with E-state index in [1.165, 1.54) is 116 Å². The summed E-state index contributed by atoms with van der Waals surface area (Å²) >= 11 is 0. The highest BCUT2D eigenvalue weighted by molar-refractivity contribution is 6.14. The highest BCUT2D eigenvalue weighted by Crippen LogP contribution is 2.58. The van der Waals surface area contributed by atoms with E-state index in [2.05, 4.69) is 185 Å². The second-order valence-corrected chi connectivity index (χ2v) is 17.5.